The van der Waals surface area contributed by atoms with E-state index in [0.717, 1.165) is 0 Å². The standard InChI is InChI=1S/2C12H9ClN2O2.Cu.2H2O/c2*13-10-5-3-9(4-6-10)12(16)15-14-8-11-2-1-7-17-11;;;/h2*1-8H,(H,15,16);;2*1H2/q;;+2;;/b2*14-8-;;;. The molecule has 4 aromatic rings. The van der Waals surface area contributed by atoms with Crippen molar-refractivity contribution in [1.29, 1.82) is 0 Å². The van der Waals surface area contributed by atoms with Gasteiger partial charge in [0.05, 0.1) is 25.0 Å². The molecule has 0 fully saturated rings. The summed E-state index contributed by atoms with van der Waals surface area (Å²) in [5.74, 6) is 0.226. The van der Waals surface area contributed by atoms with Gasteiger partial charge in [-0.1, -0.05) is 47.5 Å². The molecule has 0 bridgehead atoms. The fourth-order valence-corrected chi connectivity index (χ4v) is 2.56. The van der Waals surface area contributed by atoms with Crippen molar-refractivity contribution in [2.45, 2.75) is 0 Å². The smallest absolute Gasteiger partial charge is 0.857 e. The maximum atomic E-state index is 11.5. The molecule has 37 heavy (non-hydrogen) atoms. The zero-order valence-corrected chi connectivity index (χ0v) is 21.3. The molecule has 2 aromatic heterocycles. The largest absolute Gasteiger partial charge is 2.00 e. The first-order valence-electron chi connectivity index (χ1n) is 9.66. The summed E-state index contributed by atoms with van der Waals surface area (Å²) >= 11 is 11.4. The van der Waals surface area contributed by atoms with Crippen LogP contribution in [-0.4, -0.2) is 24.2 Å². The molecule has 0 atom stereocenters. The Kier molecular flexibility index (Phi) is 15.9. The van der Waals surface area contributed by atoms with Crippen molar-refractivity contribution in [3.8, 4) is 0 Å². The summed E-state index contributed by atoms with van der Waals surface area (Å²) < 4.78 is 10.00. The third kappa shape index (κ3) is 11.7. The van der Waals surface area contributed by atoms with Crippen LogP contribution in [0.15, 0.2) is 115 Å². The van der Waals surface area contributed by atoms with E-state index in [1.165, 1.54) is 25.0 Å². The van der Waals surface area contributed by atoms with Gasteiger partial charge in [-0.2, -0.15) is 20.4 Å². The summed E-state index contributed by atoms with van der Waals surface area (Å²) in [6.07, 6.45) is 5.77. The molecule has 1 radical (unpaired) electrons. The van der Waals surface area contributed by atoms with Gasteiger partial charge in [0, 0.05) is 21.8 Å². The Hall–Kier alpha value is -3.70. The summed E-state index contributed by atoms with van der Waals surface area (Å²) in [6.45, 7) is 0. The molecule has 197 valence electrons. The SMILES string of the molecule is [Cu+2].[O-]/C(=N\N=C/c1ccco1)c1ccc(Cl)cc1.[O-]/C(=N\N=C/c1ccco1)c1ccc(Cl)cc1.[OH3+].[OH3+]. The van der Waals surface area contributed by atoms with Crippen LogP contribution in [0.4, 0.5) is 0 Å². The van der Waals surface area contributed by atoms with Gasteiger partial charge in [-0.05, 0) is 59.7 Å². The van der Waals surface area contributed by atoms with Gasteiger partial charge in [0.2, 0.25) is 0 Å². The van der Waals surface area contributed by atoms with Crippen molar-refractivity contribution in [3.63, 3.8) is 0 Å². The minimum absolute atomic E-state index is 0. The van der Waals surface area contributed by atoms with Crippen LogP contribution in [0.3, 0.4) is 0 Å². The molecule has 2 aromatic carbocycles. The number of furan rings is 2. The number of rotatable bonds is 6. The zero-order chi connectivity index (χ0) is 24.2. The number of benzene rings is 2. The first-order valence-corrected chi connectivity index (χ1v) is 10.4. The van der Waals surface area contributed by atoms with Gasteiger partial charge in [0.1, 0.15) is 11.5 Å². The van der Waals surface area contributed by atoms with E-state index in [4.69, 9.17) is 32.0 Å². The van der Waals surface area contributed by atoms with Crippen molar-refractivity contribution in [3.05, 3.63) is 118 Å². The predicted octanol–water partition coefficient (Wildman–Crippen LogP) is 2.30. The second-order valence-corrected chi connectivity index (χ2v) is 7.22. The quantitative estimate of drug-likeness (QED) is 0.109. The van der Waals surface area contributed by atoms with Crippen LogP contribution >= 0.6 is 23.2 Å². The summed E-state index contributed by atoms with van der Waals surface area (Å²) in [6, 6.07) is 19.8. The van der Waals surface area contributed by atoms with E-state index < -0.39 is 11.8 Å². The van der Waals surface area contributed by atoms with Gasteiger partial charge in [0.15, 0.2) is 0 Å². The molecule has 10 nitrogen and oxygen atoms in total. The predicted molar refractivity (Wildman–Crippen MR) is 138 cm³/mol. The molecule has 0 aliphatic heterocycles. The van der Waals surface area contributed by atoms with Crippen LogP contribution in [0.5, 0.6) is 0 Å². The van der Waals surface area contributed by atoms with Crippen LogP contribution in [0.25, 0.3) is 0 Å². The van der Waals surface area contributed by atoms with E-state index in [1.54, 1.807) is 72.8 Å². The molecule has 0 spiro atoms. The fourth-order valence-electron chi connectivity index (χ4n) is 2.31. The van der Waals surface area contributed by atoms with E-state index in [0.29, 0.717) is 32.7 Å². The van der Waals surface area contributed by atoms with E-state index in [-0.39, 0.29) is 28.0 Å². The van der Waals surface area contributed by atoms with Crippen LogP contribution in [0.2, 0.25) is 10.0 Å². The summed E-state index contributed by atoms with van der Waals surface area (Å²) in [7, 11) is 0. The maximum Gasteiger partial charge on any atom is 2.00 e. The third-order valence-corrected chi connectivity index (χ3v) is 4.44. The molecule has 0 aliphatic rings. The molecule has 0 aliphatic carbocycles. The first-order chi connectivity index (χ1) is 16.5. The Morgan fingerprint density at radius 2 is 0.973 bits per heavy atom. The number of nitrogens with zero attached hydrogens (tertiary/aromatic N) is 4. The second kappa shape index (κ2) is 17.7. The molecule has 6 N–H and O–H groups in total. The maximum absolute atomic E-state index is 11.5. The average molecular weight is 597 g/mol. The van der Waals surface area contributed by atoms with Crippen molar-refractivity contribution in [2.75, 3.05) is 0 Å². The Morgan fingerprint density at radius 1 is 0.622 bits per heavy atom. The van der Waals surface area contributed by atoms with Gasteiger partial charge in [-0.15, -0.1) is 0 Å². The molecule has 0 saturated heterocycles. The van der Waals surface area contributed by atoms with Crippen molar-refractivity contribution in [2.24, 2.45) is 20.4 Å². The minimum Gasteiger partial charge on any atom is -0.857 e. The Labute approximate surface area is 232 Å². The monoisotopic (exact) mass is 595 g/mol. The molecule has 13 heteroatoms. The average Bonchev–Trinajstić information content (AvgIpc) is 3.55. The number of halogens is 2. The van der Waals surface area contributed by atoms with Gasteiger partial charge in [-0.25, -0.2) is 0 Å². The Balaban J connectivity index is 0.000000648. The summed E-state index contributed by atoms with van der Waals surface area (Å²) in [5, 5.41) is 38.5. The molecular weight excluding hydrogens is 575 g/mol. The molecule has 2 heterocycles. The molecule has 0 unspecified atom stereocenters. The van der Waals surface area contributed by atoms with Crippen LogP contribution in [0, 0.1) is 0 Å². The van der Waals surface area contributed by atoms with E-state index >= 15 is 0 Å². The fraction of sp³-hybridized carbons (Fsp3) is 0. The van der Waals surface area contributed by atoms with E-state index in [1.807, 2.05) is 0 Å². The minimum atomic E-state index is -0.426. The van der Waals surface area contributed by atoms with Crippen LogP contribution < -0.4 is 10.2 Å². The normalized spacial score (nSPS) is 11.2. The third-order valence-electron chi connectivity index (χ3n) is 3.94. The van der Waals surface area contributed by atoms with E-state index in [9.17, 15) is 10.2 Å². The van der Waals surface area contributed by atoms with Gasteiger partial charge < -0.3 is 30.0 Å². The number of hydrogen-bond donors (Lipinski definition) is 0. The van der Waals surface area contributed by atoms with E-state index in [2.05, 4.69) is 20.4 Å². The van der Waals surface area contributed by atoms with Crippen LogP contribution in [-0.2, 0) is 28.0 Å². The first kappa shape index (κ1) is 33.3. The Bertz CT molecular complexity index is 1170. The zero-order valence-electron chi connectivity index (χ0n) is 18.9. The summed E-state index contributed by atoms with van der Waals surface area (Å²) in [4.78, 5) is 0. The van der Waals surface area contributed by atoms with Gasteiger partial charge in [-0.3, -0.25) is 0 Å². The topological polar surface area (TPSA) is 188 Å². The van der Waals surface area contributed by atoms with Gasteiger partial charge in [0.25, 0.3) is 0 Å². The van der Waals surface area contributed by atoms with Gasteiger partial charge >= 0.3 is 17.1 Å². The van der Waals surface area contributed by atoms with Crippen molar-refractivity contribution < 1.29 is 47.1 Å². The molecular formula is C24H22Cl2CuN4O6+2. The molecule has 0 amide bonds. The van der Waals surface area contributed by atoms with Crippen molar-refractivity contribution in [1.82, 2.24) is 0 Å². The molecule has 4 rings (SSSR count). The molecule has 0 saturated carbocycles. The Morgan fingerprint density at radius 3 is 1.27 bits per heavy atom. The van der Waals surface area contributed by atoms with Crippen molar-refractivity contribution >= 4 is 47.4 Å². The second-order valence-electron chi connectivity index (χ2n) is 6.34. The number of hydrogen-bond acceptors (Lipinski definition) is 8. The summed E-state index contributed by atoms with van der Waals surface area (Å²) in [5.41, 5.74) is 0.872. The van der Waals surface area contributed by atoms with Crippen LogP contribution in [0.1, 0.15) is 22.6 Å².